The van der Waals surface area contributed by atoms with Crippen LogP contribution in [-0.4, -0.2) is 92.9 Å². The number of esters is 1. The van der Waals surface area contributed by atoms with Crippen LogP contribution in [0.4, 0.5) is 0 Å². The number of cyclic esters (lactones) is 1. The molecule has 1 aliphatic heterocycles. The number of hydrogen-bond acceptors (Lipinski definition) is 10. The van der Waals surface area contributed by atoms with Crippen LogP contribution in [0.3, 0.4) is 0 Å². The number of carbonyl (C=O) groups is 3. The summed E-state index contributed by atoms with van der Waals surface area (Å²) in [7, 11) is 0. The van der Waals surface area contributed by atoms with Crippen LogP contribution in [-0.2, 0) is 23.9 Å². The largest absolute Gasteiger partial charge is 0.445 e. The van der Waals surface area contributed by atoms with Crippen molar-refractivity contribution < 1.29 is 49.4 Å². The van der Waals surface area contributed by atoms with Crippen LogP contribution in [0.25, 0.3) is 0 Å². The number of rotatable bonds is 9. The predicted octanol–water partition coefficient (Wildman–Crippen LogP) is -3.47. The topological polar surface area (TPSA) is 171 Å². The lowest BCUT2D eigenvalue weighted by Gasteiger charge is -2.24. The van der Waals surface area contributed by atoms with E-state index < -0.39 is 73.3 Å². The highest BCUT2D eigenvalue weighted by Gasteiger charge is 2.50. The van der Waals surface area contributed by atoms with Gasteiger partial charge in [0, 0.05) is 0 Å². The first-order chi connectivity index (χ1) is 11.1. The van der Waals surface area contributed by atoms with E-state index in [1.54, 1.807) is 13.8 Å². The number of aliphatic hydroxyl groups excluding tert-OH is 5. The van der Waals surface area contributed by atoms with Crippen LogP contribution in [0.5, 0.6) is 0 Å². The maximum Gasteiger partial charge on any atom is 0.378 e. The molecule has 0 aromatic carbocycles. The predicted molar refractivity (Wildman–Crippen MR) is 75.6 cm³/mol. The van der Waals surface area contributed by atoms with E-state index >= 15 is 0 Å². The van der Waals surface area contributed by atoms with Gasteiger partial charge < -0.3 is 35.0 Å². The Hall–Kier alpha value is -1.43. The molecule has 0 aliphatic carbocycles. The summed E-state index contributed by atoms with van der Waals surface area (Å²) < 4.78 is 9.62. The summed E-state index contributed by atoms with van der Waals surface area (Å²) in [5.41, 5.74) is 0. The van der Waals surface area contributed by atoms with Gasteiger partial charge in [0.1, 0.15) is 24.4 Å². The molecule has 0 aromatic rings. The molecule has 1 aliphatic rings. The SMILES string of the molecule is CC(C)C(O)C(=O)[C@H]1OC(=O)C(=O)C1OC[C@H](O)[C@H](O)[C@H](O)CO. The van der Waals surface area contributed by atoms with Gasteiger partial charge in [-0.2, -0.15) is 0 Å². The Kier molecular flexibility index (Phi) is 7.39. The van der Waals surface area contributed by atoms with Crippen molar-refractivity contribution in [2.75, 3.05) is 13.2 Å². The van der Waals surface area contributed by atoms with E-state index in [4.69, 9.17) is 9.84 Å². The first-order valence-electron chi connectivity index (χ1n) is 7.35. The molecular weight excluding hydrogens is 328 g/mol. The number of hydrogen-bond donors (Lipinski definition) is 5. The molecular formula is C14H22O10. The number of ketones is 2. The Morgan fingerprint density at radius 1 is 1.17 bits per heavy atom. The second-order valence-corrected chi connectivity index (χ2v) is 5.84. The maximum atomic E-state index is 12.1. The molecule has 1 saturated heterocycles. The molecule has 0 spiro atoms. The van der Waals surface area contributed by atoms with E-state index in [1.807, 2.05) is 0 Å². The third-order valence-corrected chi connectivity index (χ3v) is 3.59. The molecule has 10 nitrogen and oxygen atoms in total. The molecule has 0 bridgehead atoms. The summed E-state index contributed by atoms with van der Waals surface area (Å²) in [6.07, 6.45) is -9.91. The van der Waals surface area contributed by atoms with Gasteiger partial charge in [0.25, 0.3) is 5.78 Å². The van der Waals surface area contributed by atoms with Crippen molar-refractivity contribution in [2.24, 2.45) is 5.92 Å². The third-order valence-electron chi connectivity index (χ3n) is 3.59. The Balaban J connectivity index is 2.77. The van der Waals surface area contributed by atoms with Gasteiger partial charge in [-0.05, 0) is 5.92 Å². The monoisotopic (exact) mass is 350 g/mol. The van der Waals surface area contributed by atoms with E-state index in [0.29, 0.717) is 0 Å². The van der Waals surface area contributed by atoms with Crippen LogP contribution >= 0.6 is 0 Å². The van der Waals surface area contributed by atoms with E-state index in [1.165, 1.54) is 0 Å². The van der Waals surface area contributed by atoms with E-state index in [9.17, 15) is 34.8 Å². The summed E-state index contributed by atoms with van der Waals surface area (Å²) >= 11 is 0. The lowest BCUT2D eigenvalue weighted by Crippen LogP contribution is -2.46. The van der Waals surface area contributed by atoms with E-state index in [-0.39, 0.29) is 0 Å². The zero-order chi connectivity index (χ0) is 18.6. The minimum absolute atomic E-state index is 0.486. The zero-order valence-electron chi connectivity index (χ0n) is 13.2. The molecule has 2 unspecified atom stereocenters. The second-order valence-electron chi connectivity index (χ2n) is 5.84. The highest BCUT2D eigenvalue weighted by atomic mass is 16.6. The first kappa shape index (κ1) is 20.6. The number of ether oxygens (including phenoxy) is 2. The van der Waals surface area contributed by atoms with Gasteiger partial charge >= 0.3 is 5.97 Å². The van der Waals surface area contributed by atoms with Crippen molar-refractivity contribution in [1.82, 2.24) is 0 Å². The molecule has 0 saturated carbocycles. The molecule has 0 radical (unpaired) electrons. The fourth-order valence-electron chi connectivity index (χ4n) is 2.02. The van der Waals surface area contributed by atoms with Gasteiger partial charge in [-0.15, -0.1) is 0 Å². The van der Waals surface area contributed by atoms with Gasteiger partial charge in [0.2, 0.25) is 5.78 Å². The van der Waals surface area contributed by atoms with Crippen molar-refractivity contribution in [3.8, 4) is 0 Å². The third kappa shape index (κ3) is 4.56. The smallest absolute Gasteiger partial charge is 0.378 e. The van der Waals surface area contributed by atoms with E-state index in [0.717, 1.165) is 0 Å². The van der Waals surface area contributed by atoms with Gasteiger partial charge in [-0.3, -0.25) is 9.59 Å². The summed E-state index contributed by atoms with van der Waals surface area (Å²) in [5.74, 6) is -3.87. The summed E-state index contributed by atoms with van der Waals surface area (Å²) in [5, 5.41) is 46.8. The molecule has 1 heterocycles. The highest BCUT2D eigenvalue weighted by molar-refractivity contribution is 6.38. The Morgan fingerprint density at radius 2 is 1.75 bits per heavy atom. The lowest BCUT2D eigenvalue weighted by atomic mass is 9.96. The molecule has 0 aromatic heterocycles. The van der Waals surface area contributed by atoms with Crippen LogP contribution in [0, 0.1) is 5.92 Å². The van der Waals surface area contributed by atoms with Gasteiger partial charge in [-0.1, -0.05) is 13.8 Å². The lowest BCUT2D eigenvalue weighted by molar-refractivity contribution is -0.156. The highest BCUT2D eigenvalue weighted by Crippen LogP contribution is 2.20. The minimum atomic E-state index is -1.77. The fraction of sp³-hybridized carbons (Fsp3) is 0.786. The maximum absolute atomic E-state index is 12.1. The Bertz CT molecular complexity index is 476. The molecule has 24 heavy (non-hydrogen) atoms. The normalized spacial score (nSPS) is 26.2. The summed E-state index contributed by atoms with van der Waals surface area (Å²) in [4.78, 5) is 35.1. The number of aliphatic hydroxyl groups is 5. The van der Waals surface area contributed by atoms with Gasteiger partial charge in [0.15, 0.2) is 12.2 Å². The minimum Gasteiger partial charge on any atom is -0.445 e. The van der Waals surface area contributed by atoms with E-state index in [2.05, 4.69) is 4.74 Å². The van der Waals surface area contributed by atoms with Crippen molar-refractivity contribution >= 4 is 17.5 Å². The Morgan fingerprint density at radius 3 is 2.25 bits per heavy atom. The van der Waals surface area contributed by atoms with Crippen molar-refractivity contribution in [1.29, 1.82) is 0 Å². The van der Waals surface area contributed by atoms with Crippen molar-refractivity contribution in [3.05, 3.63) is 0 Å². The average Bonchev–Trinajstić information content (AvgIpc) is 2.84. The molecule has 6 atom stereocenters. The fourth-order valence-corrected chi connectivity index (χ4v) is 2.02. The molecule has 1 rings (SSSR count). The zero-order valence-corrected chi connectivity index (χ0v) is 13.2. The molecule has 0 amide bonds. The average molecular weight is 350 g/mol. The summed E-state index contributed by atoms with van der Waals surface area (Å²) in [6, 6.07) is 0. The van der Waals surface area contributed by atoms with Gasteiger partial charge in [0.05, 0.1) is 13.2 Å². The molecule has 5 N–H and O–H groups in total. The summed E-state index contributed by atoms with van der Waals surface area (Å²) in [6.45, 7) is 1.57. The van der Waals surface area contributed by atoms with Crippen LogP contribution in [0.1, 0.15) is 13.8 Å². The molecule has 138 valence electrons. The van der Waals surface area contributed by atoms with Crippen LogP contribution in [0.2, 0.25) is 0 Å². The van der Waals surface area contributed by atoms with Gasteiger partial charge in [-0.25, -0.2) is 4.79 Å². The molecule has 1 fully saturated rings. The quantitative estimate of drug-likeness (QED) is 0.208. The standard InChI is InChI=1S/C14H22O10/c1-5(2)8(18)10(20)13-12(11(21)14(22)24-13)23-4-7(17)9(19)6(16)3-15/h5-9,12-13,15-19H,3-4H2,1-2H3/t6-,7+,8?,9-,12?,13-/m1/s1. The Labute approximate surface area is 137 Å². The van der Waals surface area contributed by atoms with Crippen molar-refractivity contribution in [3.63, 3.8) is 0 Å². The number of carbonyl (C=O) groups excluding carboxylic acids is 3. The van der Waals surface area contributed by atoms with Crippen LogP contribution in [0.15, 0.2) is 0 Å². The van der Waals surface area contributed by atoms with Crippen molar-refractivity contribution in [2.45, 2.75) is 50.5 Å². The number of Topliss-reactive ketones (excluding diaryl/α,β-unsaturated/α-hetero) is 2. The second kappa shape index (κ2) is 8.60. The first-order valence-corrected chi connectivity index (χ1v) is 7.35. The van der Waals surface area contributed by atoms with Crippen LogP contribution < -0.4 is 0 Å². The molecule has 10 heteroatoms.